The second-order valence-corrected chi connectivity index (χ2v) is 15.8. The van der Waals surface area contributed by atoms with Gasteiger partial charge >= 0.3 is 0 Å². The van der Waals surface area contributed by atoms with Crippen molar-refractivity contribution in [2.75, 3.05) is 0 Å². The molecule has 0 aliphatic rings. The van der Waals surface area contributed by atoms with Crippen LogP contribution in [0.4, 0.5) is 0 Å². The number of hydrogen-bond acceptors (Lipinski definition) is 2. The van der Waals surface area contributed by atoms with E-state index in [2.05, 4.69) is 18.5 Å². The fraction of sp³-hybridized carbons (Fsp3) is 0.0164. The molecule has 0 unspecified atom stereocenters. The number of pyridine rings is 1. The molecule has 0 saturated heterocycles. The summed E-state index contributed by atoms with van der Waals surface area (Å²) in [7, 11) is 0. The molecule has 0 atom stereocenters. The zero-order valence-corrected chi connectivity index (χ0v) is 37.7. The van der Waals surface area contributed by atoms with Crippen molar-refractivity contribution in [2.24, 2.45) is 0 Å². The van der Waals surface area contributed by atoms with Crippen LogP contribution in [0.5, 0.6) is 11.5 Å². The molecule has 0 N–H and O–H groups in total. The summed E-state index contributed by atoms with van der Waals surface area (Å²) in [4.78, 5) is 4.99. The quantitative estimate of drug-likeness (QED) is 0.112. The predicted molar refractivity (Wildman–Crippen MR) is 270 cm³/mol. The summed E-state index contributed by atoms with van der Waals surface area (Å²) in [6, 6.07) is 47.3. The third kappa shape index (κ3) is 6.75. The Bertz CT molecular complexity index is 4580. The topological polar surface area (TPSA) is 40.8 Å². The van der Waals surface area contributed by atoms with Gasteiger partial charge in [0.25, 0.3) is 6.33 Å². The van der Waals surface area contributed by atoms with Crippen LogP contribution in [0.2, 0.25) is 0 Å². The number of rotatable bonds is 8. The van der Waals surface area contributed by atoms with Gasteiger partial charge in [-0.2, -0.15) is 18.2 Å². The van der Waals surface area contributed by atoms with Gasteiger partial charge in [-0.25, -0.2) is 4.98 Å². The van der Waals surface area contributed by atoms with Crippen LogP contribution in [0.25, 0.3) is 99.8 Å². The fourth-order valence-electron chi connectivity index (χ4n) is 9.20. The number of hydrogen-bond donors (Lipinski definition) is 0. The fourth-order valence-corrected chi connectivity index (χ4v) is 9.20. The molecule has 7 heteroatoms. The number of fused-ring (bicyclic) bond motifs is 7. The van der Waals surface area contributed by atoms with Gasteiger partial charge in [-0.3, -0.25) is 4.57 Å². The smallest absolute Gasteiger partial charge is 0.268 e. The van der Waals surface area contributed by atoms with Crippen LogP contribution >= 0.6 is 0 Å². The summed E-state index contributed by atoms with van der Waals surface area (Å²) in [5.74, 6) is 0.941. The number of benzene rings is 9. The minimum absolute atomic E-state index is 0. The number of aryl methyl sites for hydroxylation is 1. The molecule has 326 valence electrons. The van der Waals surface area contributed by atoms with E-state index in [9.17, 15) is 0 Å². The van der Waals surface area contributed by atoms with Gasteiger partial charge in [-0.15, -0.1) is 29.7 Å². The minimum atomic E-state index is -2.54. The van der Waals surface area contributed by atoms with E-state index in [0.717, 1.165) is 38.1 Å². The summed E-state index contributed by atoms with van der Waals surface area (Å²) < 4.78 is 127. The van der Waals surface area contributed by atoms with E-state index in [1.54, 1.807) is 76.0 Å². The van der Waals surface area contributed by atoms with Gasteiger partial charge in [0.05, 0.1) is 53.3 Å². The van der Waals surface area contributed by atoms with Gasteiger partial charge in [0, 0.05) is 53.0 Å². The normalized spacial score (nSPS) is 14.4. The maximum atomic E-state index is 9.04. The summed E-state index contributed by atoms with van der Waals surface area (Å²) in [5.41, 5.74) is 5.09. The number of nitrogens with zero attached hydrogens (tertiary/aromatic N) is 5. The standard InChI is InChI=1S/C61H39N5O.Pt/c1-41-36-60(62-39-59(41)65-53-29-11-8-24-49(53)50-25-9-12-30-54(50)65)66-55-31-13-10-26-51(55)52-35-34-46(38-58(52)66)67-45-23-16-22-44(37-45)63-40-64(57-33-15-14-32-56(57)63)61-47(42-18-4-2-5-19-42)27-17-28-48(61)43-20-6-3-7-21-43;/h2-36,39H,1H3;/q-2;/i1D3,2D,3D,4D,5D,6D,7D,18D,19D,20D,21D;. The zero-order valence-electron chi connectivity index (χ0n) is 48.5. The molecule has 0 aliphatic heterocycles. The van der Waals surface area contributed by atoms with Crippen molar-refractivity contribution in [3.63, 3.8) is 0 Å². The Labute approximate surface area is 425 Å². The molecule has 0 amide bonds. The maximum absolute atomic E-state index is 9.04. The van der Waals surface area contributed by atoms with Crippen LogP contribution in [0.3, 0.4) is 0 Å². The van der Waals surface area contributed by atoms with Crippen LogP contribution in [0.15, 0.2) is 218 Å². The molecule has 0 radical (unpaired) electrons. The SMILES string of the molecule is [2H]c1c([2H])c([2H])c(-c2cccc(-c3c([2H])c([2H])c([2H])c([2H])c3[2H])c2-[n+]2[c-]n(-c3[c-]c(Oc4[c-]c5c(cc4)c4ccccc4n5-c4cc(C([2H])([2H])[2H])c(-n5c6ccccc6c6ccccc65)cn4)ccc3)c3ccccc32)c([2H])c1[2H].[Pt]. The van der Waals surface area contributed by atoms with E-state index in [1.165, 1.54) is 0 Å². The van der Waals surface area contributed by atoms with Gasteiger partial charge in [0.2, 0.25) is 0 Å². The summed E-state index contributed by atoms with van der Waals surface area (Å²) in [5, 5.41) is 3.67. The molecule has 13 rings (SSSR count). The van der Waals surface area contributed by atoms with Crippen LogP contribution in [-0.4, -0.2) is 18.7 Å². The van der Waals surface area contributed by atoms with Crippen molar-refractivity contribution in [2.45, 2.75) is 6.85 Å². The van der Waals surface area contributed by atoms with E-state index < -0.39 is 67.3 Å². The number of para-hydroxylation sites is 6. The van der Waals surface area contributed by atoms with Crippen molar-refractivity contribution in [1.29, 1.82) is 0 Å². The molecular weight excluding hydrogens is 1010 g/mol. The summed E-state index contributed by atoms with van der Waals surface area (Å²) in [6.45, 7) is -2.54. The monoisotopic (exact) mass is 1070 g/mol. The zero-order chi connectivity index (χ0) is 55.6. The number of imidazole rings is 1. The van der Waals surface area contributed by atoms with Crippen molar-refractivity contribution < 1.29 is 48.2 Å². The Morgan fingerprint density at radius 3 is 1.79 bits per heavy atom. The van der Waals surface area contributed by atoms with Crippen LogP contribution in [-0.2, 0) is 21.1 Å². The second-order valence-electron chi connectivity index (χ2n) is 15.8. The Morgan fingerprint density at radius 1 is 0.559 bits per heavy atom. The second kappa shape index (κ2) is 16.8. The molecule has 4 heterocycles. The third-order valence-corrected chi connectivity index (χ3v) is 12.1. The molecule has 4 aromatic heterocycles. The summed E-state index contributed by atoms with van der Waals surface area (Å²) >= 11 is 0. The maximum Gasteiger partial charge on any atom is 0.268 e. The first-order valence-electron chi connectivity index (χ1n) is 27.9. The third-order valence-electron chi connectivity index (χ3n) is 12.1. The van der Waals surface area contributed by atoms with Crippen molar-refractivity contribution in [3.05, 3.63) is 242 Å². The first kappa shape index (κ1) is 29.4. The molecular formula is C61H39N5OPt-2. The first-order valence-corrected chi connectivity index (χ1v) is 21.4. The molecule has 0 fully saturated rings. The van der Waals surface area contributed by atoms with Gasteiger partial charge < -0.3 is 18.4 Å². The van der Waals surface area contributed by atoms with Crippen molar-refractivity contribution in [3.8, 4) is 56.6 Å². The average molecular weight is 1070 g/mol. The number of ether oxygens (including phenoxy) is 1. The predicted octanol–water partition coefficient (Wildman–Crippen LogP) is 14.3. The molecule has 0 saturated carbocycles. The summed E-state index contributed by atoms with van der Waals surface area (Å²) in [6.07, 6.45) is 5.00. The van der Waals surface area contributed by atoms with Crippen LogP contribution < -0.4 is 9.30 Å². The first-order chi connectivity index (χ1) is 38.5. The molecule has 6 nitrogen and oxygen atoms in total. The molecule has 68 heavy (non-hydrogen) atoms. The Morgan fingerprint density at radius 2 is 1.13 bits per heavy atom. The van der Waals surface area contributed by atoms with Crippen molar-refractivity contribution >= 4 is 54.6 Å². The van der Waals surface area contributed by atoms with E-state index in [-0.39, 0.29) is 60.3 Å². The molecule has 0 spiro atoms. The number of aromatic nitrogens is 5. The van der Waals surface area contributed by atoms with Gasteiger partial charge in [0.15, 0.2) is 0 Å². The average Bonchev–Trinajstić information content (AvgIpc) is 4.20. The van der Waals surface area contributed by atoms with E-state index in [4.69, 9.17) is 27.5 Å². The van der Waals surface area contributed by atoms with Crippen LogP contribution in [0.1, 0.15) is 23.4 Å². The van der Waals surface area contributed by atoms with Crippen molar-refractivity contribution in [1.82, 2.24) is 18.7 Å². The Balaban J connectivity index is 0.00000651. The minimum Gasteiger partial charge on any atom is -0.510 e. The molecule has 0 aliphatic carbocycles. The molecule has 0 bridgehead atoms. The van der Waals surface area contributed by atoms with Gasteiger partial charge in [-0.05, 0) is 70.0 Å². The largest absolute Gasteiger partial charge is 0.510 e. The Kier molecular flexibility index (Phi) is 7.27. The van der Waals surface area contributed by atoms with E-state index >= 15 is 0 Å². The van der Waals surface area contributed by atoms with E-state index in [0.29, 0.717) is 39.5 Å². The Hall–Kier alpha value is -8.31. The van der Waals surface area contributed by atoms with Gasteiger partial charge in [-0.1, -0.05) is 163 Å². The van der Waals surface area contributed by atoms with Gasteiger partial charge in [0.1, 0.15) is 5.82 Å². The molecule has 9 aromatic carbocycles. The van der Waals surface area contributed by atoms with Crippen LogP contribution in [0, 0.1) is 25.3 Å². The molecule has 13 aromatic rings. The van der Waals surface area contributed by atoms with E-state index in [1.807, 2.05) is 100 Å².